The van der Waals surface area contributed by atoms with E-state index < -0.39 is 4.92 Å². The first-order valence-corrected chi connectivity index (χ1v) is 4.94. The average molecular weight is 243 g/mol. The molecule has 0 aromatic heterocycles. The van der Waals surface area contributed by atoms with Crippen LogP contribution in [0.15, 0.2) is 30.4 Å². The lowest BCUT2D eigenvalue weighted by molar-refractivity contribution is -0.384. The van der Waals surface area contributed by atoms with E-state index in [2.05, 4.69) is 0 Å². The molecule has 0 atom stereocenters. The van der Waals surface area contributed by atoms with Crippen LogP contribution in [0, 0.1) is 10.1 Å². The summed E-state index contributed by atoms with van der Waals surface area (Å²) in [6.07, 6.45) is 3.50. The van der Waals surface area contributed by atoms with Gasteiger partial charge in [0.1, 0.15) is 12.4 Å². The molecular formula is C10H11ClN2O3. The molecule has 1 rings (SSSR count). The molecule has 0 spiro atoms. The second-order valence-electron chi connectivity index (χ2n) is 2.89. The van der Waals surface area contributed by atoms with Gasteiger partial charge in [-0.25, -0.2) is 0 Å². The molecule has 0 aliphatic rings. The van der Waals surface area contributed by atoms with Crippen molar-refractivity contribution in [2.75, 3.05) is 13.2 Å². The van der Waals surface area contributed by atoms with Crippen LogP contribution in [0.1, 0.15) is 0 Å². The molecule has 1 aromatic carbocycles. The molecule has 0 unspecified atom stereocenters. The molecule has 6 heteroatoms. The highest BCUT2D eigenvalue weighted by Crippen LogP contribution is 2.28. The molecule has 0 aliphatic carbocycles. The third kappa shape index (κ3) is 3.52. The zero-order valence-corrected chi connectivity index (χ0v) is 9.18. The highest BCUT2D eigenvalue weighted by molar-refractivity contribution is 6.32. The van der Waals surface area contributed by atoms with Crippen LogP contribution in [-0.4, -0.2) is 18.1 Å². The monoisotopic (exact) mass is 242 g/mol. The Labute approximate surface area is 97.6 Å². The average Bonchev–Trinajstić information content (AvgIpc) is 2.26. The number of benzene rings is 1. The van der Waals surface area contributed by atoms with Gasteiger partial charge in [-0.05, 0) is 6.07 Å². The van der Waals surface area contributed by atoms with Crippen molar-refractivity contribution in [3.63, 3.8) is 0 Å². The summed E-state index contributed by atoms with van der Waals surface area (Å²) in [6, 6.07) is 4.06. The quantitative estimate of drug-likeness (QED) is 0.487. The molecule has 0 saturated heterocycles. The van der Waals surface area contributed by atoms with Gasteiger partial charge >= 0.3 is 0 Å². The zero-order chi connectivity index (χ0) is 12.0. The van der Waals surface area contributed by atoms with Gasteiger partial charge in [0.25, 0.3) is 5.69 Å². The molecule has 86 valence electrons. The van der Waals surface area contributed by atoms with Crippen LogP contribution in [0.3, 0.4) is 0 Å². The summed E-state index contributed by atoms with van der Waals surface area (Å²) in [4.78, 5) is 9.93. The maximum absolute atomic E-state index is 10.4. The van der Waals surface area contributed by atoms with E-state index in [-0.39, 0.29) is 10.7 Å². The van der Waals surface area contributed by atoms with Crippen molar-refractivity contribution in [3.8, 4) is 5.75 Å². The molecular weight excluding hydrogens is 232 g/mol. The number of non-ortho nitro benzene ring substituents is 1. The summed E-state index contributed by atoms with van der Waals surface area (Å²) in [5.74, 6) is 0.411. The van der Waals surface area contributed by atoms with Crippen molar-refractivity contribution in [2.24, 2.45) is 5.73 Å². The number of hydrogen-bond donors (Lipinski definition) is 1. The van der Waals surface area contributed by atoms with E-state index in [1.165, 1.54) is 18.2 Å². The summed E-state index contributed by atoms with van der Waals surface area (Å²) < 4.78 is 5.28. The molecule has 0 radical (unpaired) electrons. The summed E-state index contributed by atoms with van der Waals surface area (Å²) in [5, 5.41) is 10.7. The molecule has 5 nitrogen and oxygen atoms in total. The Bertz CT molecular complexity index is 407. The summed E-state index contributed by atoms with van der Waals surface area (Å²) >= 11 is 5.81. The topological polar surface area (TPSA) is 78.4 Å². The van der Waals surface area contributed by atoms with Crippen LogP contribution in [0.2, 0.25) is 5.02 Å². The molecule has 0 heterocycles. The SMILES string of the molecule is NCC=CCOc1ccc([N+](=O)[O-])cc1Cl. The van der Waals surface area contributed by atoms with Crippen LogP contribution in [0.5, 0.6) is 5.75 Å². The van der Waals surface area contributed by atoms with Crippen molar-refractivity contribution in [1.29, 1.82) is 0 Å². The lowest BCUT2D eigenvalue weighted by Crippen LogP contribution is -1.98. The highest BCUT2D eigenvalue weighted by Gasteiger charge is 2.09. The van der Waals surface area contributed by atoms with E-state index >= 15 is 0 Å². The predicted octanol–water partition coefficient (Wildman–Crippen LogP) is 2.14. The lowest BCUT2D eigenvalue weighted by atomic mass is 10.3. The Morgan fingerprint density at radius 3 is 2.81 bits per heavy atom. The van der Waals surface area contributed by atoms with Gasteiger partial charge < -0.3 is 10.5 Å². The molecule has 1 aromatic rings. The van der Waals surface area contributed by atoms with Crippen LogP contribution in [0.4, 0.5) is 5.69 Å². The molecule has 0 saturated carbocycles. The van der Waals surface area contributed by atoms with E-state index in [9.17, 15) is 10.1 Å². The Morgan fingerprint density at radius 1 is 1.50 bits per heavy atom. The number of nitrogens with zero attached hydrogens (tertiary/aromatic N) is 1. The number of nitro groups is 1. The molecule has 0 amide bonds. The van der Waals surface area contributed by atoms with Crippen molar-refractivity contribution >= 4 is 17.3 Å². The minimum atomic E-state index is -0.510. The Balaban J connectivity index is 2.68. The van der Waals surface area contributed by atoms with E-state index in [1.54, 1.807) is 12.2 Å². The van der Waals surface area contributed by atoms with Crippen LogP contribution >= 0.6 is 11.6 Å². The number of nitro benzene ring substituents is 1. The minimum absolute atomic E-state index is 0.0603. The summed E-state index contributed by atoms with van der Waals surface area (Å²) in [5.41, 5.74) is 5.19. The van der Waals surface area contributed by atoms with E-state index in [4.69, 9.17) is 22.1 Å². The molecule has 16 heavy (non-hydrogen) atoms. The van der Waals surface area contributed by atoms with E-state index in [0.29, 0.717) is 18.9 Å². The third-order valence-corrected chi connectivity index (χ3v) is 2.06. The zero-order valence-electron chi connectivity index (χ0n) is 8.43. The third-order valence-electron chi connectivity index (χ3n) is 1.76. The van der Waals surface area contributed by atoms with Gasteiger partial charge in [-0.2, -0.15) is 0 Å². The van der Waals surface area contributed by atoms with Gasteiger partial charge in [-0.1, -0.05) is 23.8 Å². The Kier molecular flexibility index (Phi) is 4.75. The molecule has 2 N–H and O–H groups in total. The number of nitrogens with two attached hydrogens (primary N) is 1. The van der Waals surface area contributed by atoms with E-state index in [1.807, 2.05) is 0 Å². The van der Waals surface area contributed by atoms with Gasteiger partial charge in [-0.3, -0.25) is 10.1 Å². The van der Waals surface area contributed by atoms with Gasteiger partial charge in [0.15, 0.2) is 0 Å². The maximum atomic E-state index is 10.4. The first-order chi connectivity index (χ1) is 7.65. The smallest absolute Gasteiger partial charge is 0.271 e. The largest absolute Gasteiger partial charge is 0.488 e. The lowest BCUT2D eigenvalue weighted by Gasteiger charge is -2.04. The summed E-state index contributed by atoms with van der Waals surface area (Å²) in [6.45, 7) is 0.770. The number of hydrogen-bond acceptors (Lipinski definition) is 4. The maximum Gasteiger partial charge on any atom is 0.271 e. The standard InChI is InChI=1S/C10H11ClN2O3/c11-9-7-8(13(14)15)3-4-10(9)16-6-2-1-5-12/h1-4,7H,5-6,12H2. The Morgan fingerprint density at radius 2 is 2.25 bits per heavy atom. The Hall–Kier alpha value is -1.59. The van der Waals surface area contributed by atoms with E-state index in [0.717, 1.165) is 0 Å². The van der Waals surface area contributed by atoms with Crippen LogP contribution < -0.4 is 10.5 Å². The molecule has 0 aliphatic heterocycles. The molecule has 0 bridgehead atoms. The predicted molar refractivity (Wildman–Crippen MR) is 61.8 cm³/mol. The number of rotatable bonds is 5. The normalized spacial score (nSPS) is 10.6. The van der Waals surface area contributed by atoms with Crippen molar-refractivity contribution in [1.82, 2.24) is 0 Å². The summed E-state index contributed by atoms with van der Waals surface area (Å²) in [7, 11) is 0. The first kappa shape index (κ1) is 12.5. The van der Waals surface area contributed by atoms with Gasteiger partial charge in [0.05, 0.1) is 9.95 Å². The second-order valence-corrected chi connectivity index (χ2v) is 3.30. The fourth-order valence-electron chi connectivity index (χ4n) is 1.02. The van der Waals surface area contributed by atoms with Crippen molar-refractivity contribution in [2.45, 2.75) is 0 Å². The van der Waals surface area contributed by atoms with Crippen LogP contribution in [-0.2, 0) is 0 Å². The first-order valence-electron chi connectivity index (χ1n) is 4.57. The minimum Gasteiger partial charge on any atom is -0.488 e. The fourth-order valence-corrected chi connectivity index (χ4v) is 1.25. The number of ether oxygens (including phenoxy) is 1. The van der Waals surface area contributed by atoms with Crippen LogP contribution in [0.25, 0.3) is 0 Å². The van der Waals surface area contributed by atoms with Gasteiger partial charge in [0.2, 0.25) is 0 Å². The van der Waals surface area contributed by atoms with Gasteiger partial charge in [0, 0.05) is 18.7 Å². The fraction of sp³-hybridized carbons (Fsp3) is 0.200. The highest BCUT2D eigenvalue weighted by atomic mass is 35.5. The van der Waals surface area contributed by atoms with Crippen molar-refractivity contribution in [3.05, 3.63) is 45.5 Å². The van der Waals surface area contributed by atoms with Crippen molar-refractivity contribution < 1.29 is 9.66 Å². The van der Waals surface area contributed by atoms with Gasteiger partial charge in [-0.15, -0.1) is 0 Å². The molecule has 0 fully saturated rings. The number of halogens is 1. The second kappa shape index (κ2) is 6.09.